The van der Waals surface area contributed by atoms with Gasteiger partial charge in [-0.15, -0.1) is 0 Å². The van der Waals surface area contributed by atoms with E-state index in [9.17, 15) is 15.3 Å². The molecule has 1 amide bonds. The maximum atomic E-state index is 11.6. The van der Waals surface area contributed by atoms with Crippen LogP contribution in [-0.4, -0.2) is 81.0 Å². The fourth-order valence-corrected chi connectivity index (χ4v) is 5.53. The van der Waals surface area contributed by atoms with Gasteiger partial charge in [0, 0.05) is 38.3 Å². The molecule has 2 atom stereocenters. The monoisotopic (exact) mass is 561 g/mol. The number of hydrogen-bond donors (Lipinski definition) is 3. The Morgan fingerprint density at radius 2 is 2.08 bits per heavy atom. The number of rotatable bonds is 7. The van der Waals surface area contributed by atoms with Crippen molar-refractivity contribution in [1.29, 1.82) is 10.5 Å². The van der Waals surface area contributed by atoms with Crippen molar-refractivity contribution in [3.8, 4) is 12.1 Å². The third-order valence-electron chi connectivity index (χ3n) is 7.35. The van der Waals surface area contributed by atoms with E-state index in [1.807, 2.05) is 6.92 Å². The standard InChI is InChI=1S/C26H28ClN11O2/c1-15-12-36(13-26(2)14-40-25(39)35-26)5-6-37(15)20-8-16(9-28)7-19(21(20)27)32-23-33-22-17(10-29)11-30-38(22)24(34-23)31-18-3-4-18/h7-8,11,15,18H,3-6,12-14H2,1-2H3,(H,35,39)(H2,31,32,33,34)/t15-,26?/m0/s1. The summed E-state index contributed by atoms with van der Waals surface area (Å²) in [6, 6.07) is 8.20. The van der Waals surface area contributed by atoms with E-state index in [4.69, 9.17) is 16.3 Å². The number of piperazine rings is 1. The van der Waals surface area contributed by atoms with E-state index in [1.165, 1.54) is 10.7 Å². The predicted molar refractivity (Wildman–Crippen MR) is 148 cm³/mol. The molecule has 3 aliphatic rings. The molecule has 206 valence electrons. The van der Waals surface area contributed by atoms with Crippen molar-refractivity contribution < 1.29 is 9.53 Å². The largest absolute Gasteiger partial charge is 0.447 e. The van der Waals surface area contributed by atoms with E-state index >= 15 is 0 Å². The molecule has 1 unspecified atom stereocenters. The highest BCUT2D eigenvalue weighted by atomic mass is 35.5. The van der Waals surface area contributed by atoms with Crippen LogP contribution in [-0.2, 0) is 4.74 Å². The van der Waals surface area contributed by atoms with Gasteiger partial charge < -0.3 is 25.6 Å². The summed E-state index contributed by atoms with van der Waals surface area (Å²) in [5, 5.41) is 33.5. The first-order valence-corrected chi connectivity index (χ1v) is 13.5. The summed E-state index contributed by atoms with van der Waals surface area (Å²) in [5.74, 6) is 0.717. The van der Waals surface area contributed by atoms with Gasteiger partial charge in [0.15, 0.2) is 5.65 Å². The molecule has 13 nitrogen and oxygen atoms in total. The number of nitrogens with zero attached hydrogens (tertiary/aromatic N) is 8. The average molecular weight is 562 g/mol. The van der Waals surface area contributed by atoms with Crippen LogP contribution in [0, 0.1) is 22.7 Å². The Hall–Kier alpha value is -4.33. The number of cyclic esters (lactones) is 1. The number of aromatic nitrogens is 4. The van der Waals surface area contributed by atoms with Gasteiger partial charge in [-0.05, 0) is 38.8 Å². The Labute approximate surface area is 235 Å². The number of ether oxygens (including phenoxy) is 1. The molecule has 2 aromatic heterocycles. The topological polar surface area (TPSA) is 160 Å². The molecule has 40 heavy (non-hydrogen) atoms. The van der Waals surface area contributed by atoms with Crippen LogP contribution in [0.3, 0.4) is 0 Å². The van der Waals surface area contributed by atoms with Crippen molar-refractivity contribution in [2.45, 2.75) is 44.3 Å². The smallest absolute Gasteiger partial charge is 0.407 e. The van der Waals surface area contributed by atoms with Gasteiger partial charge in [-0.25, -0.2) is 4.79 Å². The van der Waals surface area contributed by atoms with E-state index < -0.39 is 5.54 Å². The highest BCUT2D eigenvalue weighted by Crippen LogP contribution is 2.38. The Bertz CT molecular complexity index is 1570. The molecule has 4 heterocycles. The normalized spacial score (nSPS) is 22.9. The lowest BCUT2D eigenvalue weighted by molar-refractivity contribution is 0.151. The van der Waals surface area contributed by atoms with E-state index in [-0.39, 0.29) is 18.1 Å². The molecule has 1 aromatic carbocycles. The molecule has 14 heteroatoms. The molecule has 0 radical (unpaired) electrons. The number of nitriles is 2. The van der Waals surface area contributed by atoms with E-state index in [2.05, 4.69) is 59.9 Å². The molecule has 3 fully saturated rings. The lowest BCUT2D eigenvalue weighted by atomic mass is 10.0. The number of amides is 1. The molecule has 6 rings (SSSR count). The number of anilines is 4. The third kappa shape index (κ3) is 5.01. The summed E-state index contributed by atoms with van der Waals surface area (Å²) >= 11 is 6.96. The minimum atomic E-state index is -0.427. The van der Waals surface area contributed by atoms with Crippen LogP contribution in [0.2, 0.25) is 5.02 Å². The Kier molecular flexibility index (Phi) is 6.49. The van der Waals surface area contributed by atoms with Crippen molar-refractivity contribution in [2.24, 2.45) is 0 Å². The summed E-state index contributed by atoms with van der Waals surface area (Å²) in [5.41, 5.74) is 1.93. The molecule has 1 aliphatic carbocycles. The van der Waals surface area contributed by atoms with Gasteiger partial charge in [0.1, 0.15) is 18.2 Å². The van der Waals surface area contributed by atoms with Gasteiger partial charge >= 0.3 is 6.09 Å². The third-order valence-corrected chi connectivity index (χ3v) is 7.74. The lowest BCUT2D eigenvalue weighted by Gasteiger charge is -2.43. The average Bonchev–Trinajstić information content (AvgIpc) is 3.54. The van der Waals surface area contributed by atoms with Crippen molar-refractivity contribution >= 4 is 46.6 Å². The van der Waals surface area contributed by atoms with Crippen LogP contribution in [0.25, 0.3) is 5.65 Å². The maximum absolute atomic E-state index is 11.6. The summed E-state index contributed by atoms with van der Waals surface area (Å²) in [4.78, 5) is 25.2. The van der Waals surface area contributed by atoms with Gasteiger partial charge in [-0.2, -0.15) is 30.1 Å². The summed E-state index contributed by atoms with van der Waals surface area (Å²) in [6.45, 7) is 7.28. The van der Waals surface area contributed by atoms with Crippen LogP contribution in [0.4, 0.5) is 28.1 Å². The lowest BCUT2D eigenvalue weighted by Crippen LogP contribution is -2.58. The number of benzene rings is 1. The zero-order chi connectivity index (χ0) is 28.0. The van der Waals surface area contributed by atoms with Gasteiger partial charge in [0.25, 0.3) is 0 Å². The number of hydrogen-bond acceptors (Lipinski definition) is 11. The van der Waals surface area contributed by atoms with Crippen LogP contribution in [0.1, 0.15) is 37.8 Å². The quantitative estimate of drug-likeness (QED) is 0.389. The van der Waals surface area contributed by atoms with Crippen molar-refractivity contribution in [2.75, 3.05) is 48.3 Å². The fourth-order valence-electron chi connectivity index (χ4n) is 5.27. The molecule has 2 aliphatic heterocycles. The predicted octanol–water partition coefficient (Wildman–Crippen LogP) is 2.85. The number of alkyl carbamates (subject to hydrolysis) is 1. The Balaban J connectivity index is 1.27. The van der Waals surface area contributed by atoms with Gasteiger partial charge in [0.05, 0.1) is 39.8 Å². The van der Waals surface area contributed by atoms with Crippen LogP contribution in [0.15, 0.2) is 18.3 Å². The first kappa shape index (κ1) is 25.9. The molecule has 0 bridgehead atoms. The number of nitrogens with one attached hydrogen (secondary N) is 3. The number of fused-ring (bicyclic) bond motifs is 1. The second kappa shape index (κ2) is 10.0. The molecule has 1 saturated carbocycles. The minimum absolute atomic E-state index is 0.0848. The highest BCUT2D eigenvalue weighted by molar-refractivity contribution is 6.36. The number of carbonyl (C=O) groups is 1. The zero-order valence-corrected chi connectivity index (χ0v) is 22.9. The summed E-state index contributed by atoms with van der Waals surface area (Å²) in [6.07, 6.45) is 3.15. The summed E-state index contributed by atoms with van der Waals surface area (Å²) < 4.78 is 6.63. The fraction of sp³-hybridized carbons (Fsp3) is 0.462. The molecule has 2 saturated heterocycles. The van der Waals surface area contributed by atoms with Crippen molar-refractivity contribution in [3.05, 3.63) is 34.5 Å². The molecule has 0 spiro atoms. The first-order chi connectivity index (χ1) is 19.2. The van der Waals surface area contributed by atoms with E-state index in [0.29, 0.717) is 59.2 Å². The maximum Gasteiger partial charge on any atom is 0.407 e. The molecular formula is C26H28ClN11O2. The van der Waals surface area contributed by atoms with E-state index in [1.54, 1.807) is 12.1 Å². The SMILES string of the molecule is C[C@H]1CN(CC2(C)COC(=O)N2)CCN1c1cc(C#N)cc(Nc2nc(NC3CC3)n3ncc(C#N)c3n2)c1Cl. The molecular weight excluding hydrogens is 534 g/mol. The number of carbonyl (C=O) groups excluding carboxylic acids is 1. The highest BCUT2D eigenvalue weighted by Gasteiger charge is 2.38. The second-order valence-electron chi connectivity index (χ2n) is 10.8. The summed E-state index contributed by atoms with van der Waals surface area (Å²) in [7, 11) is 0. The van der Waals surface area contributed by atoms with E-state index in [0.717, 1.165) is 31.6 Å². The van der Waals surface area contributed by atoms with Gasteiger partial charge in [0.2, 0.25) is 11.9 Å². The van der Waals surface area contributed by atoms with Crippen LogP contribution >= 0.6 is 11.6 Å². The number of halogens is 1. The van der Waals surface area contributed by atoms with Crippen LogP contribution < -0.4 is 20.9 Å². The Morgan fingerprint density at radius 1 is 1.25 bits per heavy atom. The van der Waals surface area contributed by atoms with Gasteiger partial charge in [-0.1, -0.05) is 11.6 Å². The molecule has 3 N–H and O–H groups in total. The van der Waals surface area contributed by atoms with Gasteiger partial charge in [-0.3, -0.25) is 4.90 Å². The second-order valence-corrected chi connectivity index (χ2v) is 11.2. The Morgan fingerprint density at radius 3 is 2.75 bits per heavy atom. The molecule has 3 aromatic rings. The van der Waals surface area contributed by atoms with Crippen molar-refractivity contribution in [1.82, 2.24) is 29.8 Å². The minimum Gasteiger partial charge on any atom is -0.447 e. The van der Waals surface area contributed by atoms with Crippen LogP contribution in [0.5, 0.6) is 0 Å². The van der Waals surface area contributed by atoms with Crippen molar-refractivity contribution in [3.63, 3.8) is 0 Å². The zero-order valence-electron chi connectivity index (χ0n) is 22.1. The first-order valence-electron chi connectivity index (χ1n) is 13.1.